The SMILES string of the molecule is CCOC(=O)c1cc(=O)c2cccnc2n1-c1ccc(Cl)cc1. The summed E-state index contributed by atoms with van der Waals surface area (Å²) in [6.45, 7) is 1.93. The molecule has 6 heteroatoms. The minimum atomic E-state index is -0.577. The first-order chi connectivity index (χ1) is 11.1. The number of hydrogen-bond acceptors (Lipinski definition) is 4. The average molecular weight is 329 g/mol. The van der Waals surface area contributed by atoms with Gasteiger partial charge in [0, 0.05) is 23.0 Å². The maximum Gasteiger partial charge on any atom is 0.355 e. The molecule has 23 heavy (non-hydrogen) atoms. The Bertz CT molecular complexity index is 933. The Morgan fingerprint density at radius 3 is 2.70 bits per heavy atom. The number of aromatic nitrogens is 2. The van der Waals surface area contributed by atoms with Crippen LogP contribution in [0.5, 0.6) is 0 Å². The molecule has 0 unspecified atom stereocenters. The van der Waals surface area contributed by atoms with E-state index >= 15 is 0 Å². The second-order valence-corrected chi connectivity index (χ2v) is 5.24. The second-order valence-electron chi connectivity index (χ2n) is 4.80. The van der Waals surface area contributed by atoms with Gasteiger partial charge >= 0.3 is 5.97 Å². The number of benzene rings is 1. The van der Waals surface area contributed by atoms with Gasteiger partial charge in [-0.15, -0.1) is 0 Å². The van der Waals surface area contributed by atoms with E-state index < -0.39 is 5.97 Å². The zero-order chi connectivity index (χ0) is 16.4. The lowest BCUT2D eigenvalue weighted by molar-refractivity contribution is 0.0516. The van der Waals surface area contributed by atoms with E-state index in [1.807, 2.05) is 0 Å². The molecule has 5 nitrogen and oxygen atoms in total. The summed E-state index contributed by atoms with van der Waals surface area (Å²) < 4.78 is 6.67. The molecular weight excluding hydrogens is 316 g/mol. The molecule has 2 aromatic heterocycles. The molecule has 0 aliphatic rings. The lowest BCUT2D eigenvalue weighted by Gasteiger charge is -2.15. The van der Waals surface area contributed by atoms with Crippen LogP contribution in [0.25, 0.3) is 16.7 Å². The summed E-state index contributed by atoms with van der Waals surface area (Å²) in [4.78, 5) is 28.8. The minimum Gasteiger partial charge on any atom is -0.461 e. The molecule has 3 rings (SSSR count). The van der Waals surface area contributed by atoms with Gasteiger partial charge in [-0.3, -0.25) is 9.36 Å². The molecule has 0 N–H and O–H groups in total. The second kappa shape index (κ2) is 6.22. The number of pyridine rings is 2. The van der Waals surface area contributed by atoms with Crippen LogP contribution in [0.2, 0.25) is 5.02 Å². The third kappa shape index (κ3) is 2.83. The van der Waals surface area contributed by atoms with E-state index in [1.165, 1.54) is 6.07 Å². The van der Waals surface area contributed by atoms with Gasteiger partial charge in [-0.1, -0.05) is 11.6 Å². The fraction of sp³-hybridized carbons (Fsp3) is 0.118. The topological polar surface area (TPSA) is 61.2 Å². The monoisotopic (exact) mass is 328 g/mol. The molecule has 0 fully saturated rings. The smallest absolute Gasteiger partial charge is 0.355 e. The molecule has 0 spiro atoms. The first-order valence-electron chi connectivity index (χ1n) is 7.05. The van der Waals surface area contributed by atoms with Crippen LogP contribution < -0.4 is 5.43 Å². The number of carbonyl (C=O) groups excluding carboxylic acids is 1. The van der Waals surface area contributed by atoms with Crippen molar-refractivity contribution in [3.8, 4) is 5.69 Å². The van der Waals surface area contributed by atoms with Crippen molar-refractivity contribution in [3.63, 3.8) is 0 Å². The van der Waals surface area contributed by atoms with Crippen LogP contribution in [0.15, 0.2) is 53.5 Å². The van der Waals surface area contributed by atoms with E-state index in [0.717, 1.165) is 0 Å². The van der Waals surface area contributed by atoms with Crippen LogP contribution in [0.3, 0.4) is 0 Å². The number of carbonyl (C=O) groups is 1. The van der Waals surface area contributed by atoms with Crippen molar-refractivity contribution in [1.29, 1.82) is 0 Å². The zero-order valence-electron chi connectivity index (χ0n) is 12.3. The molecule has 2 heterocycles. The number of esters is 1. The van der Waals surface area contributed by atoms with Gasteiger partial charge < -0.3 is 4.74 Å². The highest BCUT2D eigenvalue weighted by atomic mass is 35.5. The molecule has 0 aliphatic heterocycles. The lowest BCUT2D eigenvalue weighted by atomic mass is 10.2. The third-order valence-electron chi connectivity index (χ3n) is 3.34. The minimum absolute atomic E-state index is 0.130. The van der Waals surface area contributed by atoms with E-state index in [1.54, 1.807) is 54.1 Å². The standard InChI is InChI=1S/C17H13ClN2O3/c1-2-23-17(22)14-10-15(21)13-4-3-9-19-16(13)20(14)12-7-5-11(18)6-8-12/h3-10H,2H2,1H3. The first-order valence-corrected chi connectivity index (χ1v) is 7.43. The van der Waals surface area contributed by atoms with Crippen molar-refractivity contribution in [2.45, 2.75) is 6.92 Å². The Hall–Kier alpha value is -2.66. The number of ether oxygens (including phenoxy) is 1. The molecule has 0 saturated carbocycles. The molecule has 0 amide bonds. The number of halogens is 1. The summed E-state index contributed by atoms with van der Waals surface area (Å²) in [7, 11) is 0. The van der Waals surface area contributed by atoms with Gasteiger partial charge in [-0.25, -0.2) is 9.78 Å². The normalized spacial score (nSPS) is 10.7. The van der Waals surface area contributed by atoms with Crippen molar-refractivity contribution in [1.82, 2.24) is 9.55 Å². The highest BCUT2D eigenvalue weighted by Crippen LogP contribution is 2.20. The van der Waals surface area contributed by atoms with Crippen LogP contribution in [-0.4, -0.2) is 22.1 Å². The summed E-state index contributed by atoms with van der Waals surface area (Å²) >= 11 is 5.93. The van der Waals surface area contributed by atoms with Crippen molar-refractivity contribution in [2.24, 2.45) is 0 Å². The molecule has 1 aromatic carbocycles. The van der Waals surface area contributed by atoms with Gasteiger partial charge in [0.05, 0.1) is 12.0 Å². The van der Waals surface area contributed by atoms with Crippen molar-refractivity contribution in [2.75, 3.05) is 6.61 Å². The van der Waals surface area contributed by atoms with Gasteiger partial charge in [0.1, 0.15) is 11.3 Å². The van der Waals surface area contributed by atoms with Crippen molar-refractivity contribution >= 4 is 28.6 Å². The molecule has 0 bridgehead atoms. The summed E-state index contributed by atoms with van der Waals surface area (Å²) in [6, 6.07) is 11.5. The Morgan fingerprint density at radius 2 is 2.00 bits per heavy atom. The Labute approximate surface area is 137 Å². The molecule has 0 atom stereocenters. The van der Waals surface area contributed by atoms with E-state index in [0.29, 0.717) is 21.7 Å². The van der Waals surface area contributed by atoms with Crippen LogP contribution in [-0.2, 0) is 4.74 Å². The van der Waals surface area contributed by atoms with Crippen molar-refractivity contribution < 1.29 is 9.53 Å². The van der Waals surface area contributed by atoms with E-state index in [2.05, 4.69) is 4.98 Å². The Balaban J connectivity index is 2.37. The highest BCUT2D eigenvalue weighted by Gasteiger charge is 2.18. The van der Waals surface area contributed by atoms with Crippen LogP contribution in [0, 0.1) is 0 Å². The number of fused-ring (bicyclic) bond motifs is 1. The van der Waals surface area contributed by atoms with E-state index in [-0.39, 0.29) is 17.7 Å². The van der Waals surface area contributed by atoms with Crippen LogP contribution in [0.1, 0.15) is 17.4 Å². The lowest BCUT2D eigenvalue weighted by Crippen LogP contribution is -2.19. The largest absolute Gasteiger partial charge is 0.461 e. The molecule has 0 saturated heterocycles. The van der Waals surface area contributed by atoms with Gasteiger partial charge in [0.15, 0.2) is 5.43 Å². The molecule has 3 aromatic rings. The summed E-state index contributed by atoms with van der Waals surface area (Å²) in [6.07, 6.45) is 1.57. The summed E-state index contributed by atoms with van der Waals surface area (Å²) in [5, 5.41) is 1.00. The number of rotatable bonds is 3. The summed E-state index contributed by atoms with van der Waals surface area (Å²) in [5.41, 5.74) is 0.915. The van der Waals surface area contributed by atoms with E-state index in [4.69, 9.17) is 16.3 Å². The van der Waals surface area contributed by atoms with Gasteiger partial charge in [0.25, 0.3) is 0 Å². The van der Waals surface area contributed by atoms with Crippen LogP contribution >= 0.6 is 11.6 Å². The summed E-state index contributed by atoms with van der Waals surface area (Å²) in [5.74, 6) is -0.577. The first kappa shape index (κ1) is 15.2. The molecular formula is C17H13ClN2O3. The van der Waals surface area contributed by atoms with E-state index in [9.17, 15) is 9.59 Å². The highest BCUT2D eigenvalue weighted by molar-refractivity contribution is 6.30. The maximum atomic E-state index is 12.3. The fourth-order valence-electron chi connectivity index (χ4n) is 2.35. The molecule has 0 radical (unpaired) electrons. The quantitative estimate of drug-likeness (QED) is 0.693. The number of hydrogen-bond donors (Lipinski definition) is 0. The number of nitrogens with zero attached hydrogens (tertiary/aromatic N) is 2. The molecule has 116 valence electrons. The van der Waals surface area contributed by atoms with Crippen molar-refractivity contribution in [3.05, 3.63) is 69.6 Å². The van der Waals surface area contributed by atoms with Gasteiger partial charge in [-0.2, -0.15) is 0 Å². The average Bonchev–Trinajstić information content (AvgIpc) is 2.56. The maximum absolute atomic E-state index is 12.3. The Kier molecular flexibility index (Phi) is 4.12. The van der Waals surface area contributed by atoms with Gasteiger partial charge in [0.2, 0.25) is 0 Å². The zero-order valence-corrected chi connectivity index (χ0v) is 13.1. The predicted octanol–water partition coefficient (Wildman–Crippen LogP) is 3.22. The fourth-order valence-corrected chi connectivity index (χ4v) is 2.48. The molecule has 0 aliphatic carbocycles. The Morgan fingerprint density at radius 1 is 1.26 bits per heavy atom. The van der Waals surface area contributed by atoms with Crippen LogP contribution in [0.4, 0.5) is 0 Å². The predicted molar refractivity (Wildman–Crippen MR) is 88.3 cm³/mol. The third-order valence-corrected chi connectivity index (χ3v) is 3.59. The van der Waals surface area contributed by atoms with Gasteiger partial charge in [-0.05, 0) is 43.3 Å².